The van der Waals surface area contributed by atoms with Crippen LogP contribution in [0.15, 0.2) is 45.3 Å². The second-order valence-electron chi connectivity index (χ2n) is 4.69. The molecule has 4 heteroatoms. The van der Waals surface area contributed by atoms with Gasteiger partial charge in [-0.05, 0) is 62.9 Å². The predicted octanol–water partition coefficient (Wildman–Crippen LogP) is 5.70. The van der Waals surface area contributed by atoms with Crippen LogP contribution in [-0.2, 0) is 0 Å². The third kappa shape index (κ3) is 3.36. The van der Waals surface area contributed by atoms with Crippen LogP contribution in [0.1, 0.15) is 24.1 Å². The lowest BCUT2D eigenvalue weighted by Gasteiger charge is -2.19. The first-order valence-electron chi connectivity index (χ1n) is 6.38. The highest BCUT2D eigenvalue weighted by atomic mass is 79.9. The van der Waals surface area contributed by atoms with Crippen LogP contribution in [0.3, 0.4) is 0 Å². The summed E-state index contributed by atoms with van der Waals surface area (Å²) in [6.45, 7) is 4.29. The minimum Gasteiger partial charge on any atom is -0.495 e. The number of benzene rings is 2. The highest BCUT2D eigenvalue weighted by Gasteiger charge is 2.12. The number of nitrogens with one attached hydrogen (secondary N) is 1. The third-order valence-electron chi connectivity index (χ3n) is 3.27. The van der Waals surface area contributed by atoms with Crippen molar-refractivity contribution < 1.29 is 4.74 Å². The largest absolute Gasteiger partial charge is 0.495 e. The molecule has 0 aliphatic carbocycles. The van der Waals surface area contributed by atoms with Crippen molar-refractivity contribution in [1.29, 1.82) is 0 Å². The maximum absolute atomic E-state index is 5.34. The first-order chi connectivity index (χ1) is 9.52. The third-order valence-corrected chi connectivity index (χ3v) is 4.54. The average Bonchev–Trinajstić information content (AvgIpc) is 2.42. The van der Waals surface area contributed by atoms with Crippen molar-refractivity contribution >= 4 is 37.5 Å². The maximum Gasteiger partial charge on any atom is 0.135 e. The van der Waals surface area contributed by atoms with E-state index in [4.69, 9.17) is 4.74 Å². The van der Waals surface area contributed by atoms with Gasteiger partial charge in [-0.3, -0.25) is 0 Å². The lowest BCUT2D eigenvalue weighted by atomic mass is 10.0. The molecule has 1 unspecified atom stereocenters. The van der Waals surface area contributed by atoms with E-state index in [0.29, 0.717) is 0 Å². The minimum absolute atomic E-state index is 0.221. The van der Waals surface area contributed by atoms with Crippen molar-refractivity contribution in [3.05, 3.63) is 56.5 Å². The van der Waals surface area contributed by atoms with Crippen LogP contribution >= 0.6 is 31.9 Å². The standard InChI is InChI=1S/C16H17Br2NO/c1-10-6-4-5-7-12(10)11(2)19-15-9-16(20-3)14(18)8-13(15)17/h4-9,11,19H,1-3H3. The van der Waals surface area contributed by atoms with Crippen molar-refractivity contribution in [2.24, 2.45) is 0 Å². The molecule has 0 aliphatic rings. The van der Waals surface area contributed by atoms with Gasteiger partial charge in [0.15, 0.2) is 0 Å². The molecule has 0 saturated heterocycles. The monoisotopic (exact) mass is 397 g/mol. The average molecular weight is 399 g/mol. The zero-order valence-corrected chi connectivity index (χ0v) is 14.9. The number of aryl methyl sites for hydroxylation is 1. The van der Waals surface area contributed by atoms with Gasteiger partial charge in [0.1, 0.15) is 5.75 Å². The van der Waals surface area contributed by atoms with Crippen LogP contribution in [0, 0.1) is 6.92 Å². The van der Waals surface area contributed by atoms with Gasteiger partial charge < -0.3 is 10.1 Å². The van der Waals surface area contributed by atoms with Gasteiger partial charge in [0.05, 0.1) is 17.3 Å². The second kappa shape index (κ2) is 6.64. The van der Waals surface area contributed by atoms with E-state index in [1.165, 1.54) is 11.1 Å². The summed E-state index contributed by atoms with van der Waals surface area (Å²) in [5.74, 6) is 0.813. The highest BCUT2D eigenvalue weighted by molar-refractivity contribution is 9.11. The van der Waals surface area contributed by atoms with Crippen molar-refractivity contribution in [2.45, 2.75) is 19.9 Å². The quantitative estimate of drug-likeness (QED) is 0.712. The van der Waals surface area contributed by atoms with Crippen LogP contribution < -0.4 is 10.1 Å². The summed E-state index contributed by atoms with van der Waals surface area (Å²) in [5.41, 5.74) is 3.59. The van der Waals surface area contributed by atoms with E-state index in [1.807, 2.05) is 12.1 Å². The number of hydrogen-bond acceptors (Lipinski definition) is 2. The zero-order valence-electron chi connectivity index (χ0n) is 11.7. The van der Waals surface area contributed by atoms with Crippen LogP contribution in [-0.4, -0.2) is 7.11 Å². The Labute approximate surface area is 136 Å². The van der Waals surface area contributed by atoms with Gasteiger partial charge in [-0.2, -0.15) is 0 Å². The van der Waals surface area contributed by atoms with Crippen LogP contribution in [0.2, 0.25) is 0 Å². The van der Waals surface area contributed by atoms with Gasteiger partial charge in [-0.25, -0.2) is 0 Å². The molecule has 2 aromatic rings. The zero-order chi connectivity index (χ0) is 14.7. The first-order valence-corrected chi connectivity index (χ1v) is 7.96. The number of halogens is 2. The van der Waals surface area contributed by atoms with Gasteiger partial charge in [0.25, 0.3) is 0 Å². The summed E-state index contributed by atoms with van der Waals surface area (Å²) in [6, 6.07) is 12.6. The molecule has 0 heterocycles. The molecule has 0 spiro atoms. The van der Waals surface area contributed by atoms with Crippen LogP contribution in [0.5, 0.6) is 5.75 Å². The molecule has 0 radical (unpaired) electrons. The van der Waals surface area contributed by atoms with Gasteiger partial charge in [0.2, 0.25) is 0 Å². The van der Waals surface area contributed by atoms with Crippen molar-refractivity contribution in [1.82, 2.24) is 0 Å². The lowest BCUT2D eigenvalue weighted by molar-refractivity contribution is 0.412. The van der Waals surface area contributed by atoms with Crippen molar-refractivity contribution in [3.63, 3.8) is 0 Å². The minimum atomic E-state index is 0.221. The molecule has 2 aromatic carbocycles. The Morgan fingerprint density at radius 1 is 1.10 bits per heavy atom. The fourth-order valence-corrected chi connectivity index (χ4v) is 3.45. The van der Waals surface area contributed by atoms with Crippen LogP contribution in [0.25, 0.3) is 0 Å². The van der Waals surface area contributed by atoms with E-state index in [-0.39, 0.29) is 6.04 Å². The molecule has 2 nitrogen and oxygen atoms in total. The Hall–Kier alpha value is -1.000. The molecule has 2 rings (SSSR count). The molecule has 1 atom stereocenters. The van der Waals surface area contributed by atoms with Gasteiger partial charge in [-0.1, -0.05) is 24.3 Å². The molecule has 0 bridgehead atoms. The van der Waals surface area contributed by atoms with E-state index >= 15 is 0 Å². The Kier molecular flexibility index (Phi) is 5.11. The molecule has 0 aliphatic heterocycles. The molecule has 1 N–H and O–H groups in total. The fraction of sp³-hybridized carbons (Fsp3) is 0.250. The van der Waals surface area contributed by atoms with E-state index in [1.54, 1.807) is 7.11 Å². The maximum atomic E-state index is 5.34. The SMILES string of the molecule is COc1cc(NC(C)c2ccccc2C)c(Br)cc1Br. The molecular weight excluding hydrogens is 382 g/mol. The summed E-state index contributed by atoms with van der Waals surface area (Å²) < 4.78 is 7.28. The van der Waals surface area contributed by atoms with E-state index in [0.717, 1.165) is 20.4 Å². The first kappa shape index (κ1) is 15.4. The number of rotatable bonds is 4. The number of anilines is 1. The summed E-state index contributed by atoms with van der Waals surface area (Å²) in [5, 5.41) is 3.52. The van der Waals surface area contributed by atoms with Crippen molar-refractivity contribution in [2.75, 3.05) is 12.4 Å². The molecule has 0 aromatic heterocycles. The summed E-state index contributed by atoms with van der Waals surface area (Å²) in [7, 11) is 1.67. The van der Waals surface area contributed by atoms with Crippen LogP contribution in [0.4, 0.5) is 5.69 Å². The molecule has 0 fully saturated rings. The van der Waals surface area contributed by atoms with Gasteiger partial charge >= 0.3 is 0 Å². The fourth-order valence-electron chi connectivity index (χ4n) is 2.18. The Morgan fingerprint density at radius 2 is 1.80 bits per heavy atom. The van der Waals surface area contributed by atoms with Gasteiger partial charge in [0, 0.05) is 16.6 Å². The second-order valence-corrected chi connectivity index (χ2v) is 6.40. The lowest BCUT2D eigenvalue weighted by Crippen LogP contribution is -2.08. The molecule has 0 amide bonds. The molecular formula is C16H17Br2NO. The Bertz CT molecular complexity index is 613. The summed E-state index contributed by atoms with van der Waals surface area (Å²) in [6.07, 6.45) is 0. The summed E-state index contributed by atoms with van der Waals surface area (Å²) >= 11 is 7.06. The number of ether oxygens (including phenoxy) is 1. The number of hydrogen-bond donors (Lipinski definition) is 1. The topological polar surface area (TPSA) is 21.3 Å². The van der Waals surface area contributed by atoms with E-state index in [2.05, 4.69) is 75.3 Å². The summed E-state index contributed by atoms with van der Waals surface area (Å²) in [4.78, 5) is 0. The Morgan fingerprint density at radius 3 is 2.45 bits per heavy atom. The number of methoxy groups -OCH3 is 1. The molecule has 0 saturated carbocycles. The molecule has 106 valence electrons. The van der Waals surface area contributed by atoms with E-state index < -0.39 is 0 Å². The van der Waals surface area contributed by atoms with E-state index in [9.17, 15) is 0 Å². The normalized spacial score (nSPS) is 12.1. The molecule has 20 heavy (non-hydrogen) atoms. The predicted molar refractivity (Wildman–Crippen MR) is 91.6 cm³/mol. The Balaban J connectivity index is 2.28. The highest BCUT2D eigenvalue weighted by Crippen LogP contribution is 2.36. The smallest absolute Gasteiger partial charge is 0.135 e. The van der Waals surface area contributed by atoms with Gasteiger partial charge in [-0.15, -0.1) is 0 Å². The van der Waals surface area contributed by atoms with Crippen molar-refractivity contribution in [3.8, 4) is 5.75 Å².